The van der Waals surface area contributed by atoms with Gasteiger partial charge in [-0.3, -0.25) is 4.79 Å². The number of aromatic nitrogens is 3. The van der Waals surface area contributed by atoms with Crippen molar-refractivity contribution >= 4 is 39.4 Å². The molecule has 25 heavy (non-hydrogen) atoms. The molecule has 4 aromatic rings. The van der Waals surface area contributed by atoms with Crippen LogP contribution in [0.15, 0.2) is 57.5 Å². The predicted molar refractivity (Wildman–Crippen MR) is 103 cm³/mol. The lowest BCUT2D eigenvalue weighted by atomic mass is 10.3. The van der Waals surface area contributed by atoms with E-state index in [1.54, 1.807) is 36.3 Å². The summed E-state index contributed by atoms with van der Waals surface area (Å²) in [7, 11) is 1.65. The number of benzene rings is 1. The number of rotatable bonds is 5. The molecule has 0 saturated carbocycles. The van der Waals surface area contributed by atoms with E-state index in [0.29, 0.717) is 10.7 Å². The number of nitrogens with zero attached hydrogens (tertiary/aromatic N) is 3. The van der Waals surface area contributed by atoms with Gasteiger partial charge in [0.25, 0.3) is 5.56 Å². The third kappa shape index (κ3) is 3.46. The zero-order valence-corrected chi connectivity index (χ0v) is 15.7. The number of hydrogen-bond donors (Lipinski definition) is 0. The molecule has 0 spiro atoms. The summed E-state index contributed by atoms with van der Waals surface area (Å²) in [6, 6.07) is 13.4. The van der Waals surface area contributed by atoms with Crippen molar-refractivity contribution in [1.29, 1.82) is 0 Å². The molecule has 0 amide bonds. The van der Waals surface area contributed by atoms with Crippen LogP contribution in [-0.2, 0) is 5.75 Å². The van der Waals surface area contributed by atoms with Crippen molar-refractivity contribution in [3.8, 4) is 15.6 Å². The van der Waals surface area contributed by atoms with Crippen LogP contribution in [0.2, 0.25) is 0 Å². The van der Waals surface area contributed by atoms with Gasteiger partial charge in [-0.15, -0.1) is 23.1 Å². The second kappa shape index (κ2) is 6.99. The summed E-state index contributed by atoms with van der Waals surface area (Å²) in [4.78, 5) is 19.7. The maximum atomic E-state index is 12.3. The molecule has 8 heteroatoms. The highest BCUT2D eigenvalue weighted by molar-refractivity contribution is 7.98. The molecule has 1 aromatic carbocycles. The lowest BCUT2D eigenvalue weighted by Crippen LogP contribution is -2.15. The van der Waals surface area contributed by atoms with E-state index in [-0.39, 0.29) is 5.56 Å². The second-order valence-electron chi connectivity index (χ2n) is 5.13. The topological polar surface area (TPSA) is 56.5 Å². The third-order valence-corrected chi connectivity index (χ3v) is 6.47. The third-order valence-electron chi connectivity index (χ3n) is 3.48. The minimum Gasteiger partial charge on any atom is -0.497 e. The normalized spacial score (nSPS) is 11.1. The first kappa shape index (κ1) is 16.3. The first-order valence-electron chi connectivity index (χ1n) is 7.43. The van der Waals surface area contributed by atoms with Crippen LogP contribution in [0.3, 0.4) is 0 Å². The fourth-order valence-electron chi connectivity index (χ4n) is 2.26. The number of thiophene rings is 1. The van der Waals surface area contributed by atoms with E-state index >= 15 is 0 Å². The van der Waals surface area contributed by atoms with Gasteiger partial charge < -0.3 is 4.74 Å². The molecule has 0 fully saturated rings. The maximum Gasteiger partial charge on any atom is 0.275 e. The molecule has 0 N–H and O–H groups in total. The first-order valence-corrected chi connectivity index (χ1v) is 10.1. The lowest BCUT2D eigenvalue weighted by molar-refractivity contribution is 0.414. The average molecular weight is 388 g/mol. The van der Waals surface area contributed by atoms with Gasteiger partial charge >= 0.3 is 0 Å². The van der Waals surface area contributed by atoms with Gasteiger partial charge in [-0.25, -0.2) is 4.98 Å². The molecule has 126 valence electrons. The summed E-state index contributed by atoms with van der Waals surface area (Å²) >= 11 is 4.67. The van der Waals surface area contributed by atoms with E-state index in [1.807, 2.05) is 41.8 Å². The Morgan fingerprint density at radius 1 is 1.24 bits per heavy atom. The highest BCUT2D eigenvalue weighted by Gasteiger charge is 2.11. The van der Waals surface area contributed by atoms with Gasteiger partial charge in [0.1, 0.15) is 5.75 Å². The Hall–Kier alpha value is -2.16. The highest BCUT2D eigenvalue weighted by atomic mass is 32.2. The monoisotopic (exact) mass is 387 g/mol. The molecule has 4 rings (SSSR count). The van der Waals surface area contributed by atoms with E-state index in [9.17, 15) is 4.79 Å². The molecule has 3 heterocycles. The Morgan fingerprint density at radius 2 is 2.08 bits per heavy atom. The van der Waals surface area contributed by atoms with E-state index in [4.69, 9.17) is 4.74 Å². The minimum absolute atomic E-state index is 0.144. The Kier molecular flexibility index (Phi) is 4.56. The standard InChI is InChI=1S/C17H13N3O2S3/c1-22-12-4-6-13(7-5-12)24-10-11-9-15(21)20-17(18-11)25-16(19-20)14-3-2-8-23-14/h2-9H,10H2,1H3. The Morgan fingerprint density at radius 3 is 2.80 bits per heavy atom. The van der Waals surface area contributed by atoms with Crippen LogP contribution in [0.25, 0.3) is 14.8 Å². The average Bonchev–Trinajstić information content (AvgIpc) is 3.30. The van der Waals surface area contributed by atoms with Crippen LogP contribution >= 0.6 is 34.4 Å². The molecule has 0 atom stereocenters. The first-order chi connectivity index (χ1) is 12.2. The zero-order chi connectivity index (χ0) is 17.2. The number of fused-ring (bicyclic) bond motifs is 1. The Labute approximate surface area is 155 Å². The molecule has 0 bridgehead atoms. The van der Waals surface area contributed by atoms with Crippen LogP contribution in [-0.4, -0.2) is 21.7 Å². The Bertz CT molecular complexity index is 1050. The van der Waals surface area contributed by atoms with Crippen molar-refractivity contribution in [2.24, 2.45) is 0 Å². The van der Waals surface area contributed by atoms with E-state index in [0.717, 1.165) is 26.2 Å². The molecule has 0 radical (unpaired) electrons. The molecule has 0 unspecified atom stereocenters. The molecule has 0 aliphatic carbocycles. The molecular formula is C17H13N3O2S3. The van der Waals surface area contributed by atoms with Gasteiger partial charge in [-0.1, -0.05) is 17.4 Å². The maximum absolute atomic E-state index is 12.3. The summed E-state index contributed by atoms with van der Waals surface area (Å²) in [6.45, 7) is 0. The van der Waals surface area contributed by atoms with E-state index < -0.39 is 0 Å². The van der Waals surface area contributed by atoms with Crippen molar-refractivity contribution in [3.63, 3.8) is 0 Å². The largest absolute Gasteiger partial charge is 0.497 e. The number of thioether (sulfide) groups is 1. The summed E-state index contributed by atoms with van der Waals surface area (Å²) in [5, 5.41) is 7.20. The van der Waals surface area contributed by atoms with Gasteiger partial charge in [-0.2, -0.15) is 9.61 Å². The summed E-state index contributed by atoms with van der Waals surface area (Å²) in [5.74, 6) is 1.46. The van der Waals surface area contributed by atoms with Crippen molar-refractivity contribution < 1.29 is 4.74 Å². The van der Waals surface area contributed by atoms with Crippen LogP contribution in [0.4, 0.5) is 0 Å². The van der Waals surface area contributed by atoms with Crippen LogP contribution in [0.1, 0.15) is 5.69 Å². The van der Waals surface area contributed by atoms with Gasteiger partial charge in [0, 0.05) is 16.7 Å². The highest BCUT2D eigenvalue weighted by Crippen LogP contribution is 2.29. The zero-order valence-electron chi connectivity index (χ0n) is 13.2. The summed E-state index contributed by atoms with van der Waals surface area (Å²) < 4.78 is 6.53. The smallest absolute Gasteiger partial charge is 0.275 e. The van der Waals surface area contributed by atoms with Crippen LogP contribution in [0, 0.1) is 0 Å². The molecular weight excluding hydrogens is 374 g/mol. The predicted octanol–water partition coefficient (Wildman–Crippen LogP) is 4.18. The van der Waals surface area contributed by atoms with Gasteiger partial charge in [0.15, 0.2) is 5.01 Å². The molecule has 5 nitrogen and oxygen atoms in total. The number of ether oxygens (including phenoxy) is 1. The molecule has 0 aliphatic heterocycles. The van der Waals surface area contributed by atoms with Crippen molar-refractivity contribution in [2.75, 3.05) is 7.11 Å². The fraction of sp³-hybridized carbons (Fsp3) is 0.118. The van der Waals surface area contributed by atoms with Crippen molar-refractivity contribution in [2.45, 2.75) is 10.6 Å². The Balaban J connectivity index is 1.58. The number of methoxy groups -OCH3 is 1. The van der Waals surface area contributed by atoms with E-state index in [1.165, 1.54) is 15.9 Å². The summed E-state index contributed by atoms with van der Waals surface area (Å²) in [6.07, 6.45) is 0. The summed E-state index contributed by atoms with van der Waals surface area (Å²) in [5.41, 5.74) is 0.613. The minimum atomic E-state index is -0.144. The van der Waals surface area contributed by atoms with Gasteiger partial charge in [0.2, 0.25) is 4.96 Å². The van der Waals surface area contributed by atoms with Crippen LogP contribution in [0.5, 0.6) is 5.75 Å². The van der Waals surface area contributed by atoms with Gasteiger partial charge in [-0.05, 0) is 35.7 Å². The number of hydrogen-bond acceptors (Lipinski definition) is 7. The fourth-order valence-corrected chi connectivity index (χ4v) is 4.77. The SMILES string of the molecule is COc1ccc(SCc2cc(=O)n3nc(-c4cccs4)sc3n2)cc1. The molecule has 3 aromatic heterocycles. The van der Waals surface area contributed by atoms with E-state index in [2.05, 4.69) is 10.1 Å². The molecule has 0 aliphatic rings. The van der Waals surface area contributed by atoms with Gasteiger partial charge in [0.05, 0.1) is 17.7 Å². The van der Waals surface area contributed by atoms with Crippen molar-refractivity contribution in [3.05, 3.63) is 63.9 Å². The lowest BCUT2D eigenvalue weighted by Gasteiger charge is -2.03. The molecule has 0 saturated heterocycles. The quantitative estimate of drug-likeness (QED) is 0.481. The second-order valence-corrected chi connectivity index (χ2v) is 8.08. The van der Waals surface area contributed by atoms with Crippen LogP contribution < -0.4 is 10.3 Å². The van der Waals surface area contributed by atoms with Crippen molar-refractivity contribution in [1.82, 2.24) is 14.6 Å².